The lowest BCUT2D eigenvalue weighted by Gasteiger charge is -2.13. The third-order valence-electron chi connectivity index (χ3n) is 3.35. The summed E-state index contributed by atoms with van der Waals surface area (Å²) in [5.74, 6) is 0.648. The Kier molecular flexibility index (Phi) is 7.26. The molecule has 0 spiro atoms. The Bertz CT molecular complexity index is 373. The fraction of sp³-hybridized carbons (Fsp3) is 0.562. The monoisotopic (exact) mass is 310 g/mol. The molecule has 100 valence electrons. The van der Waals surface area contributed by atoms with Crippen molar-refractivity contribution in [3.05, 3.63) is 35.4 Å². The van der Waals surface area contributed by atoms with Crippen LogP contribution in [0.25, 0.3) is 0 Å². The van der Waals surface area contributed by atoms with Crippen molar-refractivity contribution >= 4 is 20.6 Å². The normalized spacial score (nSPS) is 12.4. The highest BCUT2D eigenvalue weighted by atomic mass is 79.9. The van der Waals surface area contributed by atoms with Gasteiger partial charge in [0, 0.05) is 5.56 Å². The number of unbranched alkanes of at least 4 members (excludes halogenated alkanes) is 3. The molecule has 0 fully saturated rings. The molecule has 0 N–H and O–H groups in total. The molecule has 2 heteroatoms. The van der Waals surface area contributed by atoms with Crippen LogP contribution < -0.4 is 0 Å². The Hall–Kier alpha value is -0.630. The van der Waals surface area contributed by atoms with Gasteiger partial charge in [0.25, 0.3) is 0 Å². The lowest BCUT2D eigenvalue weighted by Crippen LogP contribution is -2.04. The average Bonchev–Trinajstić information content (AvgIpc) is 2.35. The van der Waals surface area contributed by atoms with E-state index in [4.69, 9.17) is 0 Å². The number of hydrogen-bond acceptors (Lipinski definition) is 1. The van der Waals surface area contributed by atoms with Gasteiger partial charge in [-0.2, -0.15) is 0 Å². The van der Waals surface area contributed by atoms with Crippen molar-refractivity contribution < 1.29 is 4.79 Å². The first-order valence-electron chi connectivity index (χ1n) is 6.92. The molecular formula is C16H23BrO. The summed E-state index contributed by atoms with van der Waals surface area (Å²) in [5.41, 5.74) is 1.99. The fourth-order valence-electron chi connectivity index (χ4n) is 2.29. The molecule has 0 aliphatic heterocycles. The second-order valence-corrected chi connectivity index (χ2v) is 5.81. The van der Waals surface area contributed by atoms with Crippen molar-refractivity contribution in [1.29, 1.82) is 0 Å². The highest BCUT2D eigenvalue weighted by Crippen LogP contribution is 2.20. The topological polar surface area (TPSA) is 17.1 Å². The largest absolute Gasteiger partial charge is 0.281 e. The summed E-state index contributed by atoms with van der Waals surface area (Å²) in [5, 5.41) is 0. The number of benzene rings is 1. The van der Waals surface area contributed by atoms with Crippen molar-refractivity contribution in [1.82, 2.24) is 0 Å². The molecule has 1 aromatic rings. The zero-order chi connectivity index (χ0) is 13.4. The second-order valence-electron chi connectivity index (χ2n) is 5.09. The summed E-state index contributed by atoms with van der Waals surface area (Å²) in [6.45, 7) is 4.52. The van der Waals surface area contributed by atoms with Gasteiger partial charge in [-0.25, -0.2) is 0 Å². The molecule has 0 amide bonds. The summed E-state index contributed by atoms with van der Waals surface area (Å²) in [4.78, 5) is 11.5. The van der Waals surface area contributed by atoms with E-state index in [0.717, 1.165) is 12.0 Å². The highest BCUT2D eigenvalue weighted by Gasteiger charge is 2.10. The molecule has 0 saturated carbocycles. The minimum atomic E-state index is -0.00344. The van der Waals surface area contributed by atoms with E-state index in [1.807, 2.05) is 18.2 Å². The van der Waals surface area contributed by atoms with Gasteiger partial charge < -0.3 is 0 Å². The maximum Gasteiger partial charge on any atom is 0.228 e. The lowest BCUT2D eigenvalue weighted by molar-refractivity contribution is 0.109. The number of rotatable bonds is 8. The second kappa shape index (κ2) is 8.47. The van der Waals surface area contributed by atoms with Gasteiger partial charge in [-0.05, 0) is 33.8 Å². The SMILES string of the molecule is CCCCCCC(C)Cc1ccccc1C(=O)Br. The molecule has 0 saturated heterocycles. The van der Waals surface area contributed by atoms with Crippen LogP contribution in [0.4, 0.5) is 0 Å². The van der Waals surface area contributed by atoms with E-state index in [-0.39, 0.29) is 4.69 Å². The minimum Gasteiger partial charge on any atom is -0.281 e. The maximum absolute atomic E-state index is 11.5. The van der Waals surface area contributed by atoms with Gasteiger partial charge in [0.05, 0.1) is 0 Å². The lowest BCUT2D eigenvalue weighted by atomic mass is 9.93. The Morgan fingerprint density at radius 2 is 1.94 bits per heavy atom. The Morgan fingerprint density at radius 1 is 1.22 bits per heavy atom. The molecule has 1 unspecified atom stereocenters. The van der Waals surface area contributed by atoms with Crippen molar-refractivity contribution in [2.45, 2.75) is 52.4 Å². The molecule has 0 bridgehead atoms. The van der Waals surface area contributed by atoms with Crippen LogP contribution in [-0.4, -0.2) is 4.69 Å². The smallest absolute Gasteiger partial charge is 0.228 e. The summed E-state index contributed by atoms with van der Waals surface area (Å²) in [6, 6.07) is 7.90. The van der Waals surface area contributed by atoms with Crippen molar-refractivity contribution in [3.63, 3.8) is 0 Å². The molecule has 0 heterocycles. The Morgan fingerprint density at radius 3 is 2.61 bits per heavy atom. The zero-order valence-corrected chi connectivity index (χ0v) is 13.0. The van der Waals surface area contributed by atoms with Crippen LogP contribution >= 0.6 is 15.9 Å². The van der Waals surface area contributed by atoms with Crippen LogP contribution in [0.15, 0.2) is 24.3 Å². The summed E-state index contributed by atoms with van der Waals surface area (Å²) >= 11 is 3.06. The quantitative estimate of drug-likeness (QED) is 0.466. The van der Waals surface area contributed by atoms with Gasteiger partial charge in [-0.3, -0.25) is 4.79 Å². The van der Waals surface area contributed by atoms with Gasteiger partial charge in [0.2, 0.25) is 4.69 Å². The summed E-state index contributed by atoms with van der Waals surface area (Å²) in [7, 11) is 0. The van der Waals surface area contributed by atoms with Crippen LogP contribution in [0.5, 0.6) is 0 Å². The number of hydrogen-bond donors (Lipinski definition) is 0. The predicted octanol–water partition coefficient (Wildman–Crippen LogP) is 5.37. The molecule has 18 heavy (non-hydrogen) atoms. The van der Waals surface area contributed by atoms with Crippen molar-refractivity contribution in [2.75, 3.05) is 0 Å². The first-order valence-corrected chi connectivity index (χ1v) is 7.72. The third kappa shape index (κ3) is 5.34. The van der Waals surface area contributed by atoms with Crippen molar-refractivity contribution in [3.8, 4) is 0 Å². The van der Waals surface area contributed by atoms with Gasteiger partial charge in [-0.15, -0.1) is 0 Å². The standard InChI is InChI=1S/C16H23BrO/c1-3-4-5-6-9-13(2)12-14-10-7-8-11-15(14)16(17)18/h7-8,10-11,13H,3-6,9,12H2,1-2H3. The van der Waals surface area contributed by atoms with E-state index in [2.05, 4.69) is 35.8 Å². The molecule has 0 aromatic heterocycles. The molecule has 1 aromatic carbocycles. The molecule has 0 radical (unpaired) electrons. The fourth-order valence-corrected chi connectivity index (χ4v) is 2.67. The van der Waals surface area contributed by atoms with E-state index in [1.54, 1.807) is 0 Å². The molecule has 0 aliphatic rings. The minimum absolute atomic E-state index is 0.00344. The highest BCUT2D eigenvalue weighted by molar-refractivity contribution is 9.18. The summed E-state index contributed by atoms with van der Waals surface area (Å²) < 4.78 is -0.00344. The van der Waals surface area contributed by atoms with Gasteiger partial charge in [0.15, 0.2) is 0 Å². The number of carbonyl (C=O) groups is 1. The van der Waals surface area contributed by atoms with E-state index in [0.29, 0.717) is 5.92 Å². The first-order chi connectivity index (χ1) is 8.65. The van der Waals surface area contributed by atoms with Gasteiger partial charge >= 0.3 is 0 Å². The zero-order valence-electron chi connectivity index (χ0n) is 11.4. The van der Waals surface area contributed by atoms with E-state index in [1.165, 1.54) is 37.7 Å². The predicted molar refractivity (Wildman–Crippen MR) is 81.3 cm³/mol. The van der Waals surface area contributed by atoms with E-state index in [9.17, 15) is 4.79 Å². The van der Waals surface area contributed by atoms with Gasteiger partial charge in [0.1, 0.15) is 0 Å². The average molecular weight is 311 g/mol. The van der Waals surface area contributed by atoms with Crippen LogP contribution in [0, 0.1) is 5.92 Å². The molecular weight excluding hydrogens is 288 g/mol. The Balaban J connectivity index is 2.48. The number of carbonyl (C=O) groups excluding carboxylic acids is 1. The Labute approximate surface area is 119 Å². The maximum atomic E-state index is 11.5. The van der Waals surface area contributed by atoms with E-state index >= 15 is 0 Å². The van der Waals surface area contributed by atoms with Gasteiger partial charge in [-0.1, -0.05) is 70.2 Å². The molecule has 0 aliphatic carbocycles. The van der Waals surface area contributed by atoms with Crippen LogP contribution in [0.2, 0.25) is 0 Å². The van der Waals surface area contributed by atoms with E-state index < -0.39 is 0 Å². The third-order valence-corrected chi connectivity index (χ3v) is 3.78. The number of halogens is 1. The van der Waals surface area contributed by atoms with Crippen LogP contribution in [0.1, 0.15) is 61.9 Å². The summed E-state index contributed by atoms with van der Waals surface area (Å²) in [6.07, 6.45) is 7.52. The molecule has 1 rings (SSSR count). The first kappa shape index (κ1) is 15.4. The van der Waals surface area contributed by atoms with Crippen LogP contribution in [-0.2, 0) is 6.42 Å². The van der Waals surface area contributed by atoms with Crippen molar-refractivity contribution in [2.24, 2.45) is 5.92 Å². The van der Waals surface area contributed by atoms with Crippen LogP contribution in [0.3, 0.4) is 0 Å². The molecule has 1 nitrogen and oxygen atoms in total. The molecule has 1 atom stereocenters.